The van der Waals surface area contributed by atoms with E-state index in [1.54, 1.807) is 21.9 Å². The van der Waals surface area contributed by atoms with E-state index in [4.69, 9.17) is 11.6 Å². The number of halogens is 1. The largest absolute Gasteiger partial charge is 0.303 e. The summed E-state index contributed by atoms with van der Waals surface area (Å²) in [5, 5.41) is 0.596. The van der Waals surface area contributed by atoms with Gasteiger partial charge >= 0.3 is 0 Å². The molecule has 144 valence electrons. The zero-order chi connectivity index (χ0) is 19.7. The minimum Gasteiger partial charge on any atom is -0.303 e. The number of nitrogens with zero attached hydrogens (tertiary/aromatic N) is 2. The SMILES string of the molecule is C=C1C(=O)N(c2ccccc2)[C@@H](c2ccc(Cl)cc2)C(=O)N1C1CCCCC1. The fourth-order valence-electron chi connectivity index (χ4n) is 4.27. The highest BCUT2D eigenvalue weighted by atomic mass is 35.5. The molecule has 0 unspecified atom stereocenters. The van der Waals surface area contributed by atoms with Gasteiger partial charge in [-0.25, -0.2) is 0 Å². The van der Waals surface area contributed by atoms with Gasteiger partial charge in [-0.1, -0.05) is 67.8 Å². The number of hydrogen-bond donors (Lipinski definition) is 0. The van der Waals surface area contributed by atoms with Crippen LogP contribution < -0.4 is 4.90 Å². The number of anilines is 1. The molecule has 2 aromatic carbocycles. The first-order valence-electron chi connectivity index (χ1n) is 9.74. The third kappa shape index (κ3) is 3.33. The second-order valence-electron chi connectivity index (χ2n) is 7.41. The molecule has 0 radical (unpaired) electrons. The molecule has 5 heteroatoms. The molecular weight excluding hydrogens is 372 g/mol. The van der Waals surface area contributed by atoms with Gasteiger partial charge in [0.15, 0.2) is 0 Å². The maximum atomic E-state index is 13.7. The first-order chi connectivity index (χ1) is 13.6. The highest BCUT2D eigenvalue weighted by Gasteiger charge is 2.46. The van der Waals surface area contributed by atoms with E-state index in [1.807, 2.05) is 42.5 Å². The third-order valence-electron chi connectivity index (χ3n) is 5.65. The molecule has 1 heterocycles. The minimum absolute atomic E-state index is 0.0467. The zero-order valence-electron chi connectivity index (χ0n) is 15.7. The summed E-state index contributed by atoms with van der Waals surface area (Å²) in [6, 6.07) is 15.8. The predicted molar refractivity (Wildman–Crippen MR) is 111 cm³/mol. The van der Waals surface area contributed by atoms with Crippen molar-refractivity contribution in [2.75, 3.05) is 4.90 Å². The quantitative estimate of drug-likeness (QED) is 0.679. The summed E-state index contributed by atoms with van der Waals surface area (Å²) in [5.41, 5.74) is 1.70. The summed E-state index contributed by atoms with van der Waals surface area (Å²) >= 11 is 6.05. The van der Waals surface area contributed by atoms with E-state index >= 15 is 0 Å². The summed E-state index contributed by atoms with van der Waals surface area (Å²) in [7, 11) is 0. The lowest BCUT2D eigenvalue weighted by atomic mass is 9.90. The van der Waals surface area contributed by atoms with Crippen LogP contribution in [0.4, 0.5) is 5.69 Å². The van der Waals surface area contributed by atoms with Gasteiger partial charge in [-0.05, 0) is 42.7 Å². The molecule has 2 aliphatic rings. The molecule has 0 N–H and O–H groups in total. The number of benzene rings is 2. The number of rotatable bonds is 3. The number of piperazine rings is 1. The van der Waals surface area contributed by atoms with E-state index in [1.165, 1.54) is 6.42 Å². The number of amides is 2. The Morgan fingerprint density at radius 3 is 2.14 bits per heavy atom. The standard InChI is InChI=1S/C23H23ClN2O2/c1-16-22(27)26(20-10-6-3-7-11-20)21(17-12-14-18(24)15-13-17)23(28)25(16)19-8-4-2-5-9-19/h3,6-7,10-15,19,21H,1-2,4-5,8-9H2/t21-/m0/s1. The van der Waals surface area contributed by atoms with Gasteiger partial charge in [0.2, 0.25) is 0 Å². The molecule has 1 saturated carbocycles. The molecule has 4 rings (SSSR count). The van der Waals surface area contributed by atoms with Gasteiger partial charge in [-0.15, -0.1) is 0 Å². The van der Waals surface area contributed by atoms with Gasteiger partial charge in [0.1, 0.15) is 11.7 Å². The molecule has 1 atom stereocenters. The van der Waals surface area contributed by atoms with Gasteiger partial charge in [-0.3, -0.25) is 14.5 Å². The Kier molecular flexibility index (Phi) is 5.23. The highest BCUT2D eigenvalue weighted by molar-refractivity contribution is 6.30. The van der Waals surface area contributed by atoms with Crippen molar-refractivity contribution < 1.29 is 9.59 Å². The molecule has 1 aliphatic carbocycles. The number of carbonyl (C=O) groups is 2. The Balaban J connectivity index is 1.80. The van der Waals surface area contributed by atoms with Gasteiger partial charge in [0.25, 0.3) is 11.8 Å². The first-order valence-corrected chi connectivity index (χ1v) is 10.1. The van der Waals surface area contributed by atoms with Crippen molar-refractivity contribution >= 4 is 29.1 Å². The fourth-order valence-corrected chi connectivity index (χ4v) is 4.39. The average Bonchev–Trinajstić information content (AvgIpc) is 2.73. The van der Waals surface area contributed by atoms with Crippen molar-refractivity contribution in [1.29, 1.82) is 0 Å². The molecule has 28 heavy (non-hydrogen) atoms. The maximum absolute atomic E-state index is 13.7. The second-order valence-corrected chi connectivity index (χ2v) is 7.85. The second kappa shape index (κ2) is 7.80. The van der Waals surface area contributed by atoms with E-state index in [9.17, 15) is 9.59 Å². The van der Waals surface area contributed by atoms with E-state index in [0.717, 1.165) is 31.2 Å². The summed E-state index contributed by atoms with van der Waals surface area (Å²) in [6.45, 7) is 4.01. The van der Waals surface area contributed by atoms with Crippen molar-refractivity contribution in [3.63, 3.8) is 0 Å². The Morgan fingerprint density at radius 2 is 1.50 bits per heavy atom. The lowest BCUT2D eigenvalue weighted by Crippen LogP contribution is -2.57. The van der Waals surface area contributed by atoms with E-state index in [-0.39, 0.29) is 23.6 Å². The van der Waals surface area contributed by atoms with Crippen molar-refractivity contribution in [2.45, 2.75) is 44.2 Å². The van der Waals surface area contributed by atoms with E-state index < -0.39 is 6.04 Å². The van der Waals surface area contributed by atoms with Crippen LogP contribution in [0.3, 0.4) is 0 Å². The van der Waals surface area contributed by atoms with Crippen LogP contribution >= 0.6 is 11.6 Å². The van der Waals surface area contributed by atoms with Gasteiger partial charge in [0, 0.05) is 16.8 Å². The molecule has 2 aromatic rings. The van der Waals surface area contributed by atoms with Crippen LogP contribution in [0.25, 0.3) is 0 Å². The molecule has 4 nitrogen and oxygen atoms in total. The maximum Gasteiger partial charge on any atom is 0.275 e. The fraction of sp³-hybridized carbons (Fsp3) is 0.304. The molecule has 1 saturated heterocycles. The lowest BCUT2D eigenvalue weighted by molar-refractivity contribution is -0.140. The molecule has 2 amide bonds. The zero-order valence-corrected chi connectivity index (χ0v) is 16.4. The number of carbonyl (C=O) groups excluding carboxylic acids is 2. The smallest absolute Gasteiger partial charge is 0.275 e. The van der Waals surface area contributed by atoms with Crippen LogP contribution in [-0.4, -0.2) is 22.8 Å². The van der Waals surface area contributed by atoms with Crippen molar-refractivity contribution in [2.24, 2.45) is 0 Å². The molecule has 2 fully saturated rings. The lowest BCUT2D eigenvalue weighted by Gasteiger charge is -2.45. The van der Waals surface area contributed by atoms with Crippen LogP contribution in [0.2, 0.25) is 5.02 Å². The first kappa shape index (κ1) is 18.8. The monoisotopic (exact) mass is 394 g/mol. The topological polar surface area (TPSA) is 40.6 Å². The Labute approximate surface area is 170 Å². The molecule has 0 spiro atoms. The number of para-hydroxylation sites is 1. The Bertz CT molecular complexity index is 889. The summed E-state index contributed by atoms with van der Waals surface area (Å²) in [4.78, 5) is 30.3. The van der Waals surface area contributed by atoms with Crippen molar-refractivity contribution in [1.82, 2.24) is 4.90 Å². The summed E-state index contributed by atoms with van der Waals surface area (Å²) in [5.74, 6) is -0.320. The Hall–Kier alpha value is -2.59. The van der Waals surface area contributed by atoms with Crippen LogP contribution in [0.15, 0.2) is 66.9 Å². The van der Waals surface area contributed by atoms with Gasteiger partial charge < -0.3 is 4.90 Å². The van der Waals surface area contributed by atoms with Crippen LogP contribution in [0, 0.1) is 0 Å². The van der Waals surface area contributed by atoms with Crippen LogP contribution in [0.1, 0.15) is 43.7 Å². The van der Waals surface area contributed by atoms with Crippen molar-refractivity contribution in [3.05, 3.63) is 77.5 Å². The van der Waals surface area contributed by atoms with Gasteiger partial charge in [-0.2, -0.15) is 0 Å². The average molecular weight is 395 g/mol. The predicted octanol–water partition coefficient (Wildman–Crippen LogP) is 5.10. The Morgan fingerprint density at radius 1 is 0.857 bits per heavy atom. The highest BCUT2D eigenvalue weighted by Crippen LogP contribution is 2.38. The molecule has 0 aromatic heterocycles. The van der Waals surface area contributed by atoms with Gasteiger partial charge in [0.05, 0.1) is 0 Å². The summed E-state index contributed by atoms with van der Waals surface area (Å²) < 4.78 is 0. The van der Waals surface area contributed by atoms with E-state index in [0.29, 0.717) is 10.7 Å². The number of hydrogen-bond acceptors (Lipinski definition) is 2. The minimum atomic E-state index is -0.723. The normalized spacial score (nSPS) is 21.3. The summed E-state index contributed by atoms with van der Waals surface area (Å²) in [6.07, 6.45) is 5.15. The van der Waals surface area contributed by atoms with Crippen LogP contribution in [0.5, 0.6) is 0 Å². The van der Waals surface area contributed by atoms with Crippen molar-refractivity contribution in [3.8, 4) is 0 Å². The third-order valence-corrected chi connectivity index (χ3v) is 5.90. The molecule has 0 bridgehead atoms. The molecule has 1 aliphatic heterocycles. The molecular formula is C23H23ClN2O2. The van der Waals surface area contributed by atoms with E-state index in [2.05, 4.69) is 6.58 Å². The van der Waals surface area contributed by atoms with Crippen LogP contribution in [-0.2, 0) is 9.59 Å².